The van der Waals surface area contributed by atoms with Crippen LogP contribution in [0.3, 0.4) is 0 Å². The van der Waals surface area contributed by atoms with Crippen molar-refractivity contribution < 1.29 is 9.59 Å². The van der Waals surface area contributed by atoms with Gasteiger partial charge in [0.25, 0.3) is 0 Å². The minimum Gasteiger partial charge on any atom is -0.378 e. The molecule has 0 unspecified atom stereocenters. The average molecular weight is 448 g/mol. The van der Waals surface area contributed by atoms with Crippen LogP contribution in [0.1, 0.15) is 48.7 Å². The van der Waals surface area contributed by atoms with Gasteiger partial charge in [0.2, 0.25) is 11.8 Å². The monoisotopic (exact) mass is 447 g/mol. The zero-order chi connectivity index (χ0) is 23.1. The summed E-state index contributed by atoms with van der Waals surface area (Å²) in [5.41, 5.74) is 10.2. The van der Waals surface area contributed by atoms with Crippen LogP contribution in [0.15, 0.2) is 42.5 Å². The zero-order valence-electron chi connectivity index (χ0n) is 19.4. The molecule has 7 heteroatoms. The van der Waals surface area contributed by atoms with E-state index in [1.165, 1.54) is 5.69 Å². The van der Waals surface area contributed by atoms with Gasteiger partial charge in [-0.3, -0.25) is 9.59 Å². The van der Waals surface area contributed by atoms with Crippen molar-refractivity contribution in [2.24, 2.45) is 17.6 Å². The molecule has 1 saturated carbocycles. The summed E-state index contributed by atoms with van der Waals surface area (Å²) >= 11 is 0. The van der Waals surface area contributed by atoms with Gasteiger partial charge in [-0.1, -0.05) is 6.92 Å². The summed E-state index contributed by atoms with van der Waals surface area (Å²) in [7, 11) is 0. The van der Waals surface area contributed by atoms with Crippen molar-refractivity contribution in [3.63, 3.8) is 0 Å². The van der Waals surface area contributed by atoms with E-state index in [9.17, 15) is 9.59 Å². The van der Waals surface area contributed by atoms with E-state index in [1.807, 2.05) is 17.0 Å². The third-order valence-corrected chi connectivity index (χ3v) is 7.39. The Morgan fingerprint density at radius 1 is 1.06 bits per heavy atom. The first-order valence-electron chi connectivity index (χ1n) is 12.0. The fourth-order valence-corrected chi connectivity index (χ4v) is 5.59. The van der Waals surface area contributed by atoms with Crippen molar-refractivity contribution in [1.29, 1.82) is 0 Å². The van der Waals surface area contributed by atoms with Crippen molar-refractivity contribution in [3.05, 3.63) is 53.6 Å². The Bertz CT molecular complexity index is 1040. The molecular weight excluding hydrogens is 414 g/mol. The highest BCUT2D eigenvalue weighted by Crippen LogP contribution is 2.50. The van der Waals surface area contributed by atoms with Crippen LogP contribution in [0, 0.1) is 11.8 Å². The molecule has 2 aromatic carbocycles. The van der Waals surface area contributed by atoms with Crippen LogP contribution in [-0.4, -0.2) is 44.0 Å². The lowest BCUT2D eigenvalue weighted by molar-refractivity contribution is -0.117. The van der Waals surface area contributed by atoms with Crippen LogP contribution in [0.2, 0.25) is 0 Å². The molecule has 2 fully saturated rings. The predicted molar refractivity (Wildman–Crippen MR) is 132 cm³/mol. The van der Waals surface area contributed by atoms with Crippen molar-refractivity contribution in [1.82, 2.24) is 5.32 Å². The highest BCUT2D eigenvalue weighted by Gasteiger charge is 2.47. The van der Waals surface area contributed by atoms with Gasteiger partial charge >= 0.3 is 0 Å². The molecule has 0 spiro atoms. The minimum absolute atomic E-state index is 0.0227. The number of carbonyl (C=O) groups is 2. The molecule has 2 heterocycles. The summed E-state index contributed by atoms with van der Waals surface area (Å²) in [5.74, 6) is 0.297. The molecule has 5 rings (SSSR count). The number of hydrogen-bond donors (Lipinski definition) is 3. The van der Waals surface area contributed by atoms with E-state index in [-0.39, 0.29) is 23.9 Å². The van der Waals surface area contributed by atoms with Crippen LogP contribution in [0.25, 0.3) is 0 Å². The Kier molecular flexibility index (Phi) is 5.74. The van der Waals surface area contributed by atoms with Gasteiger partial charge < -0.3 is 26.2 Å². The highest BCUT2D eigenvalue weighted by molar-refractivity contribution is 5.97. The van der Waals surface area contributed by atoms with Crippen molar-refractivity contribution in [3.8, 4) is 0 Å². The van der Waals surface area contributed by atoms with E-state index in [2.05, 4.69) is 46.7 Å². The summed E-state index contributed by atoms with van der Waals surface area (Å²) in [4.78, 5) is 29.0. The summed E-state index contributed by atoms with van der Waals surface area (Å²) in [6.07, 6.45) is 2.30. The van der Waals surface area contributed by atoms with Crippen LogP contribution in [-0.2, 0) is 4.79 Å². The maximum absolute atomic E-state index is 12.7. The van der Waals surface area contributed by atoms with E-state index in [1.54, 1.807) is 13.0 Å². The molecule has 7 nitrogen and oxygen atoms in total. The van der Waals surface area contributed by atoms with E-state index in [0.29, 0.717) is 11.5 Å². The molecule has 2 aromatic rings. The van der Waals surface area contributed by atoms with Gasteiger partial charge in [0.05, 0.1) is 6.04 Å². The van der Waals surface area contributed by atoms with Gasteiger partial charge in [0.15, 0.2) is 0 Å². The second-order valence-corrected chi connectivity index (χ2v) is 9.62. The normalized spacial score (nSPS) is 24.8. The number of carbonyl (C=O) groups excluding carboxylic acids is 2. The van der Waals surface area contributed by atoms with E-state index >= 15 is 0 Å². The topological polar surface area (TPSA) is 90.7 Å². The van der Waals surface area contributed by atoms with Gasteiger partial charge in [-0.2, -0.15) is 0 Å². The number of rotatable bonds is 5. The number of nitrogens with zero attached hydrogens (tertiary/aromatic N) is 2. The first kappa shape index (κ1) is 21.8. The number of hydrogen-bond acceptors (Lipinski definition) is 5. The van der Waals surface area contributed by atoms with Crippen LogP contribution in [0.4, 0.5) is 17.1 Å². The predicted octanol–water partition coefficient (Wildman–Crippen LogP) is 3.13. The van der Waals surface area contributed by atoms with E-state index in [0.717, 1.165) is 56.0 Å². The number of anilines is 3. The first-order chi connectivity index (χ1) is 15.9. The van der Waals surface area contributed by atoms with Gasteiger partial charge in [0, 0.05) is 67.7 Å². The molecule has 2 amide bonds. The number of piperazine rings is 1. The molecule has 33 heavy (non-hydrogen) atoms. The standard InChI is InChI=1S/C26H33N5O2/c1-16-24(29-20-6-8-21(9-7-20)30-13-11-28-12-14-30)22-15-19(26(27)33)5-10-23(22)31(17(2)32)25(16)18-3-4-18/h5-10,15-16,18,24-25,28-29H,3-4,11-14H2,1-2H3,(H2,27,33)/t16-,24-,25-/m1/s1. The Balaban J connectivity index is 1.49. The zero-order valence-corrected chi connectivity index (χ0v) is 19.4. The molecule has 3 atom stereocenters. The summed E-state index contributed by atoms with van der Waals surface area (Å²) in [6.45, 7) is 7.89. The summed E-state index contributed by atoms with van der Waals surface area (Å²) < 4.78 is 0. The lowest BCUT2D eigenvalue weighted by Gasteiger charge is -2.46. The fourth-order valence-electron chi connectivity index (χ4n) is 5.59. The average Bonchev–Trinajstić information content (AvgIpc) is 3.66. The van der Waals surface area contributed by atoms with Crippen molar-refractivity contribution >= 4 is 28.9 Å². The molecule has 0 radical (unpaired) electrons. The Morgan fingerprint density at radius 3 is 2.36 bits per heavy atom. The molecular formula is C26H33N5O2. The van der Waals surface area contributed by atoms with Crippen molar-refractivity contribution in [2.75, 3.05) is 41.3 Å². The lowest BCUT2D eigenvalue weighted by atomic mass is 9.79. The SMILES string of the molecule is CC(=O)N1c2ccc(C(N)=O)cc2[C@H](Nc2ccc(N3CCNCC3)cc2)[C@@H](C)[C@@H]1C1CC1. The number of fused-ring (bicyclic) bond motifs is 1. The number of nitrogens with two attached hydrogens (primary N) is 1. The first-order valence-corrected chi connectivity index (χ1v) is 12.0. The Labute approximate surface area is 195 Å². The number of primary amides is 1. The molecule has 0 bridgehead atoms. The third-order valence-electron chi connectivity index (χ3n) is 7.39. The maximum atomic E-state index is 12.7. The van der Waals surface area contributed by atoms with Crippen molar-refractivity contribution in [2.45, 2.75) is 38.8 Å². The van der Waals surface area contributed by atoms with E-state index < -0.39 is 5.91 Å². The summed E-state index contributed by atoms with van der Waals surface area (Å²) in [5, 5.41) is 7.13. The second-order valence-electron chi connectivity index (χ2n) is 9.62. The molecule has 1 aliphatic carbocycles. The smallest absolute Gasteiger partial charge is 0.248 e. The fraction of sp³-hybridized carbons (Fsp3) is 0.462. The van der Waals surface area contributed by atoms with Gasteiger partial charge in [-0.05, 0) is 66.8 Å². The second kappa shape index (κ2) is 8.71. The molecule has 174 valence electrons. The molecule has 1 saturated heterocycles. The van der Waals surface area contributed by atoms with Crippen LogP contribution >= 0.6 is 0 Å². The lowest BCUT2D eigenvalue weighted by Crippen LogP contribution is -2.51. The largest absolute Gasteiger partial charge is 0.378 e. The highest BCUT2D eigenvalue weighted by atomic mass is 16.2. The minimum atomic E-state index is -0.455. The van der Waals surface area contributed by atoms with Gasteiger partial charge in [-0.25, -0.2) is 0 Å². The maximum Gasteiger partial charge on any atom is 0.248 e. The molecule has 0 aromatic heterocycles. The molecule has 2 aliphatic heterocycles. The van der Waals surface area contributed by atoms with Crippen LogP contribution < -0.4 is 26.2 Å². The number of amides is 2. The quantitative estimate of drug-likeness (QED) is 0.655. The third kappa shape index (κ3) is 4.17. The number of nitrogens with one attached hydrogen (secondary N) is 2. The van der Waals surface area contributed by atoms with Gasteiger partial charge in [0.1, 0.15) is 0 Å². The Hall–Kier alpha value is -3.06. The molecule has 4 N–H and O–H groups in total. The summed E-state index contributed by atoms with van der Waals surface area (Å²) in [6, 6.07) is 14.2. The van der Waals surface area contributed by atoms with Gasteiger partial charge in [-0.15, -0.1) is 0 Å². The van der Waals surface area contributed by atoms with Crippen LogP contribution in [0.5, 0.6) is 0 Å². The number of benzene rings is 2. The Morgan fingerprint density at radius 2 is 1.76 bits per heavy atom. The van der Waals surface area contributed by atoms with E-state index in [4.69, 9.17) is 5.73 Å². The molecule has 3 aliphatic rings.